The molecular weight excluding hydrogens is 290 g/mol. The van der Waals surface area contributed by atoms with Crippen molar-refractivity contribution in [1.29, 1.82) is 5.26 Å². The summed E-state index contributed by atoms with van der Waals surface area (Å²) >= 11 is 0. The Kier molecular flexibility index (Phi) is 3.02. The molecule has 4 bridgehead atoms. The van der Waals surface area contributed by atoms with Crippen molar-refractivity contribution in [2.45, 2.75) is 32.0 Å². The standard InChI is InChI=1S/C15H15NO6/c1-8(2)12(18)20-6-11(17)21-15-5-9-3-10(15)4-14(9,7-16)13(19)22-15/h9-10H,1,3-6H2,2H3. The first kappa shape index (κ1) is 14.6. The zero-order chi connectivity index (χ0) is 16.1. The summed E-state index contributed by atoms with van der Waals surface area (Å²) in [5, 5.41) is 9.27. The van der Waals surface area contributed by atoms with Crippen LogP contribution in [0.4, 0.5) is 0 Å². The van der Waals surface area contributed by atoms with Crippen molar-refractivity contribution in [1.82, 2.24) is 0 Å². The van der Waals surface area contributed by atoms with Crippen molar-refractivity contribution in [3.63, 3.8) is 0 Å². The summed E-state index contributed by atoms with van der Waals surface area (Å²) in [5.41, 5.74) is -0.903. The predicted molar refractivity (Wildman–Crippen MR) is 69.6 cm³/mol. The van der Waals surface area contributed by atoms with Gasteiger partial charge in [0.25, 0.3) is 5.79 Å². The highest BCUT2D eigenvalue weighted by Crippen LogP contribution is 2.66. The molecule has 0 spiro atoms. The van der Waals surface area contributed by atoms with Crippen LogP contribution in [0.2, 0.25) is 0 Å². The van der Waals surface area contributed by atoms with Crippen LogP contribution in [0.1, 0.15) is 26.2 Å². The van der Waals surface area contributed by atoms with Gasteiger partial charge in [-0.25, -0.2) is 9.59 Å². The van der Waals surface area contributed by atoms with Crippen molar-refractivity contribution in [2.24, 2.45) is 17.3 Å². The van der Waals surface area contributed by atoms with E-state index in [2.05, 4.69) is 12.6 Å². The van der Waals surface area contributed by atoms with E-state index in [0.29, 0.717) is 19.3 Å². The predicted octanol–water partition coefficient (Wildman–Crippen LogP) is 0.842. The Bertz CT molecular complexity index is 634. The molecule has 0 radical (unpaired) electrons. The molecule has 4 atom stereocenters. The zero-order valence-electron chi connectivity index (χ0n) is 12.1. The Morgan fingerprint density at radius 1 is 1.45 bits per heavy atom. The largest absolute Gasteiger partial charge is 0.450 e. The smallest absolute Gasteiger partial charge is 0.347 e. The Morgan fingerprint density at radius 3 is 2.73 bits per heavy atom. The van der Waals surface area contributed by atoms with Gasteiger partial charge in [-0.15, -0.1) is 0 Å². The van der Waals surface area contributed by atoms with Crippen LogP contribution in [0.5, 0.6) is 0 Å². The number of hydrogen-bond acceptors (Lipinski definition) is 7. The van der Waals surface area contributed by atoms with Crippen molar-refractivity contribution in [2.75, 3.05) is 6.61 Å². The summed E-state index contributed by atoms with van der Waals surface area (Å²) in [6.07, 6.45) is 1.31. The third kappa shape index (κ3) is 1.83. The highest BCUT2D eigenvalue weighted by molar-refractivity contribution is 5.88. The molecule has 4 unspecified atom stereocenters. The Morgan fingerprint density at radius 2 is 2.18 bits per heavy atom. The van der Waals surface area contributed by atoms with E-state index in [1.165, 1.54) is 6.92 Å². The highest BCUT2D eigenvalue weighted by atomic mass is 16.7. The maximum absolute atomic E-state index is 12.1. The highest BCUT2D eigenvalue weighted by Gasteiger charge is 2.74. The molecule has 22 heavy (non-hydrogen) atoms. The fourth-order valence-electron chi connectivity index (χ4n) is 3.71. The molecule has 0 aromatic rings. The molecule has 2 saturated heterocycles. The van der Waals surface area contributed by atoms with Gasteiger partial charge in [-0.2, -0.15) is 5.26 Å². The number of ether oxygens (including phenoxy) is 3. The third-order valence-corrected chi connectivity index (χ3v) is 4.77. The minimum absolute atomic E-state index is 0.144. The van der Waals surface area contributed by atoms with E-state index in [9.17, 15) is 19.6 Å². The maximum Gasteiger partial charge on any atom is 0.347 e. The normalized spacial score (nSPS) is 37.4. The lowest BCUT2D eigenvalue weighted by Gasteiger charge is -2.46. The average molecular weight is 305 g/mol. The zero-order valence-corrected chi connectivity index (χ0v) is 12.1. The lowest BCUT2D eigenvalue weighted by molar-refractivity contribution is -0.277. The van der Waals surface area contributed by atoms with Gasteiger partial charge in [0.1, 0.15) is 0 Å². The number of fused-ring (bicyclic) bond motifs is 1. The molecule has 2 aliphatic carbocycles. The molecule has 7 heteroatoms. The van der Waals surface area contributed by atoms with E-state index in [-0.39, 0.29) is 17.4 Å². The van der Waals surface area contributed by atoms with Crippen LogP contribution in [-0.2, 0) is 28.6 Å². The van der Waals surface area contributed by atoms with Gasteiger partial charge in [0, 0.05) is 17.9 Å². The molecule has 0 amide bonds. The minimum Gasteiger partial charge on any atom is -0.450 e. The van der Waals surface area contributed by atoms with Crippen LogP contribution in [0.25, 0.3) is 0 Å². The second kappa shape index (κ2) is 4.57. The van der Waals surface area contributed by atoms with Crippen molar-refractivity contribution < 1.29 is 28.6 Å². The number of nitrogens with zero attached hydrogens (tertiary/aromatic N) is 1. The van der Waals surface area contributed by atoms with Crippen LogP contribution >= 0.6 is 0 Å². The fourth-order valence-corrected chi connectivity index (χ4v) is 3.71. The summed E-state index contributed by atoms with van der Waals surface area (Å²) in [7, 11) is 0. The number of rotatable bonds is 4. The second-order valence-electron chi connectivity index (χ2n) is 6.15. The van der Waals surface area contributed by atoms with Gasteiger partial charge in [0.2, 0.25) is 0 Å². The molecule has 4 aliphatic rings. The SMILES string of the molecule is C=C(C)C(=O)OCC(=O)OC12CC3CC1CC3(C#N)C(=O)O2. The number of hydrogen-bond donors (Lipinski definition) is 0. The Labute approximate surface area is 126 Å². The molecule has 2 heterocycles. The number of carbonyl (C=O) groups is 3. The lowest BCUT2D eigenvalue weighted by Crippen LogP contribution is -2.58. The number of nitriles is 1. The summed E-state index contributed by atoms with van der Waals surface area (Å²) < 4.78 is 15.3. The monoisotopic (exact) mass is 305 g/mol. The third-order valence-electron chi connectivity index (χ3n) is 4.77. The molecular formula is C15H15NO6. The van der Waals surface area contributed by atoms with Gasteiger partial charge < -0.3 is 14.2 Å². The minimum atomic E-state index is -1.30. The van der Waals surface area contributed by atoms with Crippen molar-refractivity contribution in [3.8, 4) is 6.07 Å². The van der Waals surface area contributed by atoms with Gasteiger partial charge in [-0.3, -0.25) is 4.79 Å². The molecule has 7 nitrogen and oxygen atoms in total. The molecule has 0 aromatic heterocycles. The van der Waals surface area contributed by atoms with E-state index in [4.69, 9.17) is 14.2 Å². The van der Waals surface area contributed by atoms with Crippen LogP contribution in [0.15, 0.2) is 12.2 Å². The molecule has 4 fully saturated rings. The van der Waals surface area contributed by atoms with Crippen LogP contribution < -0.4 is 0 Å². The number of esters is 3. The summed E-state index contributed by atoms with van der Waals surface area (Å²) in [5.74, 6) is -3.70. The van der Waals surface area contributed by atoms with E-state index in [1.807, 2.05) is 0 Å². The van der Waals surface area contributed by atoms with Crippen molar-refractivity contribution in [3.05, 3.63) is 12.2 Å². The van der Waals surface area contributed by atoms with Crippen LogP contribution in [0.3, 0.4) is 0 Å². The molecule has 0 aromatic carbocycles. The van der Waals surface area contributed by atoms with Crippen LogP contribution in [0, 0.1) is 28.6 Å². The fraction of sp³-hybridized carbons (Fsp3) is 0.600. The van der Waals surface area contributed by atoms with E-state index < -0.39 is 35.7 Å². The quantitative estimate of drug-likeness (QED) is 0.560. The van der Waals surface area contributed by atoms with Crippen molar-refractivity contribution >= 4 is 17.9 Å². The topological polar surface area (TPSA) is 103 Å². The van der Waals surface area contributed by atoms with E-state index >= 15 is 0 Å². The van der Waals surface area contributed by atoms with Gasteiger partial charge in [0.15, 0.2) is 12.0 Å². The Hall–Kier alpha value is -2.36. The first-order chi connectivity index (χ1) is 10.3. The van der Waals surface area contributed by atoms with Crippen LogP contribution in [-0.4, -0.2) is 30.3 Å². The van der Waals surface area contributed by atoms with Gasteiger partial charge in [0.05, 0.1) is 6.07 Å². The van der Waals surface area contributed by atoms with E-state index in [1.54, 1.807) is 0 Å². The summed E-state index contributed by atoms with van der Waals surface area (Å²) in [6, 6.07) is 2.08. The summed E-state index contributed by atoms with van der Waals surface area (Å²) in [6.45, 7) is 4.31. The first-order valence-electron chi connectivity index (χ1n) is 7.02. The lowest BCUT2D eigenvalue weighted by atomic mass is 9.70. The molecule has 116 valence electrons. The van der Waals surface area contributed by atoms with Gasteiger partial charge >= 0.3 is 17.9 Å². The summed E-state index contributed by atoms with van der Waals surface area (Å²) in [4.78, 5) is 35.2. The first-order valence-corrected chi connectivity index (χ1v) is 7.02. The van der Waals surface area contributed by atoms with Gasteiger partial charge in [-0.05, 0) is 25.7 Å². The van der Waals surface area contributed by atoms with E-state index in [0.717, 1.165) is 0 Å². The number of carbonyl (C=O) groups excluding carboxylic acids is 3. The average Bonchev–Trinajstić information content (AvgIpc) is 2.97. The second-order valence-corrected chi connectivity index (χ2v) is 6.15. The maximum atomic E-state index is 12.1. The van der Waals surface area contributed by atoms with Gasteiger partial charge in [-0.1, -0.05) is 6.58 Å². The molecule has 2 aliphatic heterocycles. The molecule has 4 rings (SSSR count). The Balaban J connectivity index is 1.67. The molecule has 2 saturated carbocycles. The molecule has 0 N–H and O–H groups in total.